The van der Waals surface area contributed by atoms with Crippen molar-refractivity contribution in [2.75, 3.05) is 39.2 Å². The Morgan fingerprint density at radius 3 is 2.41 bits per heavy atom. The summed E-state index contributed by atoms with van der Waals surface area (Å²) < 4.78 is 18.4. The van der Waals surface area contributed by atoms with E-state index < -0.39 is 47.9 Å². The van der Waals surface area contributed by atoms with E-state index in [1.165, 1.54) is 35.9 Å². The fourth-order valence-electron chi connectivity index (χ4n) is 7.59. The lowest BCUT2D eigenvalue weighted by molar-refractivity contribution is -0.136. The first-order chi connectivity index (χ1) is 28.0. The number of carbonyl (C=O) groups is 6. The van der Waals surface area contributed by atoms with Crippen molar-refractivity contribution >= 4 is 52.3 Å². The average molecular weight is 794 g/mol. The third kappa shape index (κ3) is 7.79. The number of piperidine rings is 1. The van der Waals surface area contributed by atoms with Crippen LogP contribution >= 0.6 is 0 Å². The summed E-state index contributed by atoms with van der Waals surface area (Å²) in [5.74, 6) is -1.37. The predicted octanol–water partition coefficient (Wildman–Crippen LogP) is 3.76. The summed E-state index contributed by atoms with van der Waals surface area (Å²) in [5.41, 5.74) is 2.74. The molecule has 0 bridgehead atoms. The quantitative estimate of drug-likeness (QED) is 0.101. The van der Waals surface area contributed by atoms with Gasteiger partial charge in [0, 0.05) is 81.0 Å². The maximum Gasteiger partial charge on any atom is 0.418 e. The first-order valence-electron chi connectivity index (χ1n) is 19.0. The molecule has 17 nitrogen and oxygen atoms in total. The van der Waals surface area contributed by atoms with Crippen molar-refractivity contribution in [1.29, 1.82) is 0 Å². The largest absolute Gasteiger partial charge is 0.496 e. The Kier molecular flexibility index (Phi) is 11.4. The zero-order chi connectivity index (χ0) is 41.1. The van der Waals surface area contributed by atoms with Gasteiger partial charge in [-0.15, -0.1) is 0 Å². The summed E-state index contributed by atoms with van der Waals surface area (Å²) >= 11 is 0. The van der Waals surface area contributed by atoms with Crippen molar-refractivity contribution in [3.8, 4) is 22.6 Å². The van der Waals surface area contributed by atoms with Crippen molar-refractivity contribution in [3.63, 3.8) is 0 Å². The molecular formula is C41H43N7O10. The second-order valence-corrected chi connectivity index (χ2v) is 14.4. The number of anilines is 1. The monoisotopic (exact) mass is 793 g/mol. The number of likely N-dealkylation sites (tertiary alicyclic amines) is 1. The van der Waals surface area contributed by atoms with Crippen LogP contribution in [0.3, 0.4) is 0 Å². The van der Waals surface area contributed by atoms with Gasteiger partial charge in [-0.3, -0.25) is 39.2 Å². The van der Waals surface area contributed by atoms with E-state index >= 15 is 0 Å². The highest BCUT2D eigenvalue weighted by Crippen LogP contribution is 2.38. The molecule has 58 heavy (non-hydrogen) atoms. The van der Waals surface area contributed by atoms with Crippen molar-refractivity contribution in [2.24, 2.45) is 7.05 Å². The molecule has 2 saturated heterocycles. The number of ether oxygens (including phenoxy) is 3. The number of aryl methyl sites for hydroxylation is 1. The van der Waals surface area contributed by atoms with Crippen molar-refractivity contribution < 1.29 is 43.0 Å². The first kappa shape index (κ1) is 39.5. The van der Waals surface area contributed by atoms with Gasteiger partial charge in [-0.05, 0) is 73.4 Å². The second kappa shape index (κ2) is 16.8. The molecule has 3 N–H and O–H groups in total. The molecule has 0 spiro atoms. The van der Waals surface area contributed by atoms with E-state index in [9.17, 15) is 33.6 Å². The Labute approximate surface area is 332 Å². The van der Waals surface area contributed by atoms with E-state index in [4.69, 9.17) is 14.2 Å². The highest BCUT2D eigenvalue weighted by atomic mass is 16.6. The molecule has 0 radical (unpaired) electrons. The molecule has 3 aliphatic rings. The SMILES string of the molecule is COc1cc(-c2cn(C)c(=O)c3cnccc23)cc(OC)c1CC(CCCCNc1cccc2c1C(=O)N(C1CCC(=O)NC1=O)C2=O)NC(=O)OC(=O)N1CCC1. The number of nitrogens with one attached hydrogen (secondary N) is 3. The number of hydrogen-bond donors (Lipinski definition) is 3. The van der Waals surface area contributed by atoms with E-state index in [-0.39, 0.29) is 35.9 Å². The fraction of sp³-hybridized carbons (Fsp3) is 0.366. The van der Waals surface area contributed by atoms with Crippen LogP contribution < -0.4 is 31.0 Å². The van der Waals surface area contributed by atoms with Gasteiger partial charge < -0.3 is 34.3 Å². The molecule has 2 aromatic heterocycles. The molecular weight excluding hydrogens is 750 g/mol. The zero-order valence-corrected chi connectivity index (χ0v) is 32.3. The maximum absolute atomic E-state index is 13.5. The Balaban J connectivity index is 1.07. The van der Waals surface area contributed by atoms with Gasteiger partial charge in [0.1, 0.15) is 17.5 Å². The fourth-order valence-corrected chi connectivity index (χ4v) is 7.59. The third-order valence-corrected chi connectivity index (χ3v) is 10.7. The summed E-state index contributed by atoms with van der Waals surface area (Å²) in [5, 5.41) is 9.48. The molecule has 2 atom stereocenters. The van der Waals surface area contributed by atoms with Crippen molar-refractivity contribution in [3.05, 3.63) is 82.0 Å². The first-order valence-corrected chi connectivity index (χ1v) is 19.0. The van der Waals surface area contributed by atoms with Crippen LogP contribution in [0.25, 0.3) is 21.9 Å². The van der Waals surface area contributed by atoms with Crippen LogP contribution in [-0.4, -0.2) is 101 Å². The van der Waals surface area contributed by atoms with Gasteiger partial charge in [-0.2, -0.15) is 0 Å². The number of alkyl carbamates (subject to hydrolysis) is 1. The molecule has 17 heteroatoms. The number of amides is 6. The Morgan fingerprint density at radius 2 is 1.72 bits per heavy atom. The average Bonchev–Trinajstić information content (AvgIpc) is 3.44. The topological polar surface area (TPSA) is 208 Å². The minimum Gasteiger partial charge on any atom is -0.496 e. The van der Waals surface area contributed by atoms with Gasteiger partial charge in [0.15, 0.2) is 0 Å². The van der Waals surface area contributed by atoms with E-state index in [0.717, 1.165) is 22.4 Å². The summed E-state index contributed by atoms with van der Waals surface area (Å²) in [6.45, 7) is 1.43. The Bertz CT molecular complexity index is 2370. The molecule has 5 heterocycles. The van der Waals surface area contributed by atoms with Crippen molar-refractivity contribution in [1.82, 2.24) is 30.0 Å². The molecule has 7 rings (SSSR count). The van der Waals surface area contributed by atoms with E-state index in [2.05, 4.69) is 20.9 Å². The van der Waals surface area contributed by atoms with Crippen LogP contribution in [0.2, 0.25) is 0 Å². The van der Waals surface area contributed by atoms with Crippen LogP contribution in [0.15, 0.2) is 59.8 Å². The van der Waals surface area contributed by atoms with Gasteiger partial charge in [0.05, 0.1) is 30.7 Å². The van der Waals surface area contributed by atoms with Crippen LogP contribution in [0.4, 0.5) is 15.3 Å². The van der Waals surface area contributed by atoms with E-state index in [1.807, 2.05) is 12.1 Å². The predicted molar refractivity (Wildman–Crippen MR) is 210 cm³/mol. The molecule has 302 valence electrons. The molecule has 0 saturated carbocycles. The van der Waals surface area contributed by atoms with Crippen molar-refractivity contribution in [2.45, 2.75) is 57.0 Å². The molecule has 2 fully saturated rings. The summed E-state index contributed by atoms with van der Waals surface area (Å²) in [6.07, 6.45) is 6.04. The summed E-state index contributed by atoms with van der Waals surface area (Å²) in [6, 6.07) is 8.71. The number of carbonyl (C=O) groups excluding carboxylic acids is 6. The Morgan fingerprint density at radius 1 is 0.966 bits per heavy atom. The molecule has 2 unspecified atom stereocenters. The highest BCUT2D eigenvalue weighted by molar-refractivity contribution is 6.25. The third-order valence-electron chi connectivity index (χ3n) is 10.7. The number of fused-ring (bicyclic) bond motifs is 2. The minimum absolute atomic E-state index is 0.0223. The smallest absolute Gasteiger partial charge is 0.418 e. The highest BCUT2D eigenvalue weighted by Gasteiger charge is 2.45. The molecule has 2 aromatic carbocycles. The maximum atomic E-state index is 13.5. The van der Waals surface area contributed by atoms with Gasteiger partial charge in [0.25, 0.3) is 17.4 Å². The minimum atomic E-state index is -1.07. The number of aromatic nitrogens is 2. The lowest BCUT2D eigenvalue weighted by atomic mass is 9.95. The normalized spacial score (nSPS) is 16.7. The van der Waals surface area contributed by atoms with Crippen LogP contribution in [0, 0.1) is 0 Å². The number of pyridine rings is 2. The zero-order valence-electron chi connectivity index (χ0n) is 32.3. The molecule has 4 aromatic rings. The number of benzene rings is 2. The lowest BCUT2D eigenvalue weighted by Crippen LogP contribution is -2.54. The summed E-state index contributed by atoms with van der Waals surface area (Å²) in [4.78, 5) is 95.9. The number of imide groups is 2. The van der Waals surface area contributed by atoms with Gasteiger partial charge >= 0.3 is 12.2 Å². The number of rotatable bonds is 13. The number of nitrogens with zero attached hydrogens (tertiary/aromatic N) is 4. The standard InChI is InChI=1S/C41H43N7O10/c1-46-22-29(25-13-15-42-21-28(25)37(46)51)23-18-32(56-2)27(33(19-23)57-3)20-24(44-40(54)58-41(55)47-16-7-17-47)8-4-5-14-43-30-10-6-9-26-35(30)39(53)48(38(26)52)31-11-12-34(49)45-36(31)50/h6,9-10,13,15,18-19,21-22,24,31,43H,4-5,7-8,11-12,14,16-17,20H2,1-3H3,(H,44,54)(H,45,49,50). The number of hydrogen-bond acceptors (Lipinski definition) is 12. The molecule has 0 aliphatic carbocycles. The van der Waals surface area contributed by atoms with Gasteiger partial charge in [-0.25, -0.2) is 9.59 Å². The van der Waals surface area contributed by atoms with Crippen LogP contribution in [0.1, 0.15) is 64.8 Å². The van der Waals surface area contributed by atoms with Gasteiger partial charge in [0.2, 0.25) is 11.8 Å². The summed E-state index contributed by atoms with van der Waals surface area (Å²) in [7, 11) is 4.73. The van der Waals surface area contributed by atoms with Crippen LogP contribution in [0.5, 0.6) is 11.5 Å². The molecule has 3 aliphatic heterocycles. The number of unbranched alkanes of at least 4 members (excludes halogenated alkanes) is 1. The Hall–Kier alpha value is -6.78. The number of methoxy groups -OCH3 is 2. The van der Waals surface area contributed by atoms with Gasteiger partial charge in [-0.1, -0.05) is 6.07 Å². The lowest BCUT2D eigenvalue weighted by Gasteiger charge is -2.29. The van der Waals surface area contributed by atoms with Crippen LogP contribution in [-0.2, 0) is 27.8 Å². The molecule has 6 amide bonds. The second-order valence-electron chi connectivity index (χ2n) is 14.4. The van der Waals surface area contributed by atoms with E-state index in [0.29, 0.717) is 72.4 Å². The van der Waals surface area contributed by atoms with E-state index in [1.54, 1.807) is 37.6 Å².